The summed E-state index contributed by atoms with van der Waals surface area (Å²) in [7, 11) is 1.60. The number of hydrogen-bond acceptors (Lipinski definition) is 4. The first-order valence-electron chi connectivity index (χ1n) is 5.75. The van der Waals surface area contributed by atoms with Crippen LogP contribution >= 0.6 is 0 Å². The molecule has 0 radical (unpaired) electrons. The highest BCUT2D eigenvalue weighted by Crippen LogP contribution is 2.33. The van der Waals surface area contributed by atoms with Crippen LogP contribution in [0.25, 0.3) is 0 Å². The normalized spacial score (nSPS) is 19.9. The summed E-state index contributed by atoms with van der Waals surface area (Å²) < 4.78 is 5.28. The number of nitro groups is 1. The zero-order valence-electron chi connectivity index (χ0n) is 9.81. The summed E-state index contributed by atoms with van der Waals surface area (Å²) in [4.78, 5) is 10.4. The highest BCUT2D eigenvalue weighted by atomic mass is 16.6. The van der Waals surface area contributed by atoms with E-state index in [2.05, 4.69) is 5.32 Å². The van der Waals surface area contributed by atoms with Gasteiger partial charge in [0.15, 0.2) is 0 Å². The first-order chi connectivity index (χ1) is 8.22. The molecule has 0 aromatic heterocycles. The number of nitrogens with zero attached hydrogens (tertiary/aromatic N) is 1. The van der Waals surface area contributed by atoms with Gasteiger partial charge >= 0.3 is 0 Å². The van der Waals surface area contributed by atoms with Crippen LogP contribution in [0.15, 0.2) is 18.2 Å². The quantitative estimate of drug-likeness (QED) is 0.644. The Bertz CT molecular complexity index is 414. The predicted molar refractivity (Wildman–Crippen MR) is 64.5 cm³/mol. The van der Waals surface area contributed by atoms with Crippen LogP contribution in [0.1, 0.15) is 24.3 Å². The standard InChI is InChI=1S/C12H16N2O3/c1-17-12-5-4-10(14(15)16)7-11(12)9-3-2-6-13-8-9/h4-5,7,9,13H,2-3,6,8H2,1H3. The number of non-ortho nitro benzene ring substituents is 1. The second-order valence-corrected chi connectivity index (χ2v) is 4.23. The monoisotopic (exact) mass is 236 g/mol. The van der Waals surface area contributed by atoms with Crippen molar-refractivity contribution in [1.29, 1.82) is 0 Å². The summed E-state index contributed by atoms with van der Waals surface area (Å²) in [6.07, 6.45) is 2.14. The molecule has 0 bridgehead atoms. The number of hydrogen-bond donors (Lipinski definition) is 1. The van der Waals surface area contributed by atoms with E-state index >= 15 is 0 Å². The fourth-order valence-electron chi connectivity index (χ4n) is 2.27. The number of piperidine rings is 1. The Morgan fingerprint density at radius 3 is 2.94 bits per heavy atom. The Balaban J connectivity index is 2.34. The number of nitro benzene ring substituents is 1. The highest BCUT2D eigenvalue weighted by molar-refractivity contribution is 5.46. The first-order valence-corrected chi connectivity index (χ1v) is 5.75. The lowest BCUT2D eigenvalue weighted by molar-refractivity contribution is -0.385. The van der Waals surface area contributed by atoms with Crippen LogP contribution in [0, 0.1) is 10.1 Å². The molecule has 0 saturated carbocycles. The van der Waals surface area contributed by atoms with Crippen LogP contribution in [0.3, 0.4) is 0 Å². The van der Waals surface area contributed by atoms with Crippen molar-refractivity contribution in [3.05, 3.63) is 33.9 Å². The molecule has 1 aliphatic rings. The Morgan fingerprint density at radius 2 is 2.35 bits per heavy atom. The Labute approximate surface area is 99.9 Å². The van der Waals surface area contributed by atoms with Crippen molar-refractivity contribution in [3.63, 3.8) is 0 Å². The van der Waals surface area contributed by atoms with Gasteiger partial charge in [0, 0.05) is 30.2 Å². The fourth-order valence-corrected chi connectivity index (χ4v) is 2.27. The lowest BCUT2D eigenvalue weighted by Gasteiger charge is -2.24. The zero-order chi connectivity index (χ0) is 12.3. The van der Waals surface area contributed by atoms with Crippen LogP contribution in [0.5, 0.6) is 5.75 Å². The van der Waals surface area contributed by atoms with E-state index in [0.29, 0.717) is 5.92 Å². The largest absolute Gasteiger partial charge is 0.496 e. The van der Waals surface area contributed by atoms with Crippen molar-refractivity contribution < 1.29 is 9.66 Å². The molecule has 0 aliphatic carbocycles. The van der Waals surface area contributed by atoms with Gasteiger partial charge in [0.05, 0.1) is 12.0 Å². The average Bonchev–Trinajstić information content (AvgIpc) is 2.39. The molecule has 1 aromatic carbocycles. The van der Waals surface area contributed by atoms with Gasteiger partial charge in [-0.25, -0.2) is 0 Å². The smallest absolute Gasteiger partial charge is 0.269 e. The SMILES string of the molecule is COc1ccc([N+](=O)[O-])cc1C1CCCNC1. The summed E-state index contributed by atoms with van der Waals surface area (Å²) in [5.41, 5.74) is 1.07. The lowest BCUT2D eigenvalue weighted by Crippen LogP contribution is -2.28. The zero-order valence-corrected chi connectivity index (χ0v) is 9.81. The second kappa shape index (κ2) is 5.14. The van der Waals surface area contributed by atoms with Gasteiger partial charge in [0.2, 0.25) is 0 Å². The molecule has 1 aromatic rings. The minimum absolute atomic E-state index is 0.131. The van der Waals surface area contributed by atoms with Crippen LogP contribution in [-0.4, -0.2) is 25.1 Å². The Hall–Kier alpha value is -1.62. The fraction of sp³-hybridized carbons (Fsp3) is 0.500. The molecule has 17 heavy (non-hydrogen) atoms. The van der Waals surface area contributed by atoms with E-state index in [0.717, 1.165) is 37.2 Å². The third-order valence-corrected chi connectivity index (χ3v) is 3.16. The lowest BCUT2D eigenvalue weighted by atomic mass is 9.90. The van der Waals surface area contributed by atoms with Crippen LogP contribution in [0.2, 0.25) is 0 Å². The molecule has 2 rings (SSSR count). The van der Waals surface area contributed by atoms with Gasteiger partial charge in [-0.1, -0.05) is 0 Å². The molecule has 0 spiro atoms. The third kappa shape index (κ3) is 2.55. The molecule has 5 heteroatoms. The summed E-state index contributed by atoms with van der Waals surface area (Å²) in [6.45, 7) is 1.88. The van der Waals surface area contributed by atoms with Crippen molar-refractivity contribution in [3.8, 4) is 5.75 Å². The van der Waals surface area contributed by atoms with Crippen molar-refractivity contribution in [2.45, 2.75) is 18.8 Å². The van der Waals surface area contributed by atoms with Gasteiger partial charge in [-0.3, -0.25) is 10.1 Å². The van der Waals surface area contributed by atoms with Gasteiger partial charge in [-0.2, -0.15) is 0 Å². The van der Waals surface area contributed by atoms with E-state index in [4.69, 9.17) is 4.74 Å². The molecule has 5 nitrogen and oxygen atoms in total. The number of ether oxygens (including phenoxy) is 1. The molecule has 1 heterocycles. The maximum absolute atomic E-state index is 10.8. The van der Waals surface area contributed by atoms with Gasteiger partial charge in [0.1, 0.15) is 5.75 Å². The van der Waals surface area contributed by atoms with E-state index in [1.54, 1.807) is 19.2 Å². The second-order valence-electron chi connectivity index (χ2n) is 4.23. The van der Waals surface area contributed by atoms with Gasteiger partial charge in [0.25, 0.3) is 5.69 Å². The van der Waals surface area contributed by atoms with Crippen molar-refractivity contribution in [2.24, 2.45) is 0 Å². The maximum Gasteiger partial charge on any atom is 0.269 e. The van der Waals surface area contributed by atoms with Gasteiger partial charge in [-0.15, -0.1) is 0 Å². The topological polar surface area (TPSA) is 64.4 Å². The number of benzene rings is 1. The van der Waals surface area contributed by atoms with Crippen molar-refractivity contribution >= 4 is 5.69 Å². The predicted octanol–water partition coefficient (Wildman–Crippen LogP) is 2.07. The van der Waals surface area contributed by atoms with Gasteiger partial charge in [-0.05, 0) is 25.5 Å². The molecule has 0 amide bonds. The summed E-state index contributed by atoms with van der Waals surface area (Å²) in [6, 6.07) is 4.80. The molecule has 1 fully saturated rings. The minimum Gasteiger partial charge on any atom is -0.496 e. The highest BCUT2D eigenvalue weighted by Gasteiger charge is 2.21. The molecule has 1 atom stereocenters. The van der Waals surface area contributed by atoms with Crippen LogP contribution < -0.4 is 10.1 Å². The summed E-state index contributed by atoms with van der Waals surface area (Å²) in [5.74, 6) is 1.04. The van der Waals surface area contributed by atoms with E-state index in [1.807, 2.05) is 0 Å². The average molecular weight is 236 g/mol. The first kappa shape index (κ1) is 11.9. The number of rotatable bonds is 3. The molecule has 92 valence electrons. The van der Waals surface area contributed by atoms with Crippen molar-refractivity contribution in [1.82, 2.24) is 5.32 Å². The van der Waals surface area contributed by atoms with Crippen LogP contribution in [-0.2, 0) is 0 Å². The Kier molecular flexibility index (Phi) is 3.58. The van der Waals surface area contributed by atoms with E-state index < -0.39 is 0 Å². The van der Waals surface area contributed by atoms with Gasteiger partial charge < -0.3 is 10.1 Å². The number of nitrogens with one attached hydrogen (secondary N) is 1. The molecular formula is C12H16N2O3. The third-order valence-electron chi connectivity index (χ3n) is 3.16. The Morgan fingerprint density at radius 1 is 1.53 bits per heavy atom. The van der Waals surface area contributed by atoms with Crippen molar-refractivity contribution in [2.75, 3.05) is 20.2 Å². The molecule has 1 saturated heterocycles. The maximum atomic E-state index is 10.8. The van der Waals surface area contributed by atoms with E-state index in [1.165, 1.54) is 6.07 Å². The molecular weight excluding hydrogens is 220 g/mol. The van der Waals surface area contributed by atoms with E-state index in [9.17, 15) is 10.1 Å². The molecule has 1 unspecified atom stereocenters. The summed E-state index contributed by atoms with van der Waals surface area (Å²) >= 11 is 0. The van der Waals surface area contributed by atoms with E-state index in [-0.39, 0.29) is 10.6 Å². The summed E-state index contributed by atoms with van der Waals surface area (Å²) in [5, 5.41) is 14.1. The molecule has 1 N–H and O–H groups in total. The molecule has 1 aliphatic heterocycles. The minimum atomic E-state index is -0.362. The number of methoxy groups -OCH3 is 1. The van der Waals surface area contributed by atoms with Crippen LogP contribution in [0.4, 0.5) is 5.69 Å².